The molecule has 1 aromatic heterocycles. The van der Waals surface area contributed by atoms with Crippen molar-refractivity contribution in [3.8, 4) is 0 Å². The van der Waals surface area contributed by atoms with Crippen molar-refractivity contribution in [2.45, 2.75) is 19.9 Å². The number of anilines is 1. The van der Waals surface area contributed by atoms with Crippen molar-refractivity contribution in [1.82, 2.24) is 9.88 Å². The number of nitrogens with zero attached hydrogens (tertiary/aromatic N) is 2. The fourth-order valence-electron chi connectivity index (χ4n) is 2.16. The molecule has 1 amide bonds. The smallest absolute Gasteiger partial charge is 0.245 e. The molecule has 1 N–H and O–H groups in total. The van der Waals surface area contributed by atoms with E-state index in [1.807, 2.05) is 13.8 Å². The minimum Gasteiger partial charge on any atom is -0.378 e. The van der Waals surface area contributed by atoms with Gasteiger partial charge < -0.3 is 15.0 Å². The highest BCUT2D eigenvalue weighted by Gasteiger charge is 2.29. The molecule has 0 aliphatic carbocycles. The molecule has 0 bridgehead atoms. The molecule has 0 radical (unpaired) electrons. The van der Waals surface area contributed by atoms with Gasteiger partial charge in [-0.3, -0.25) is 4.79 Å². The summed E-state index contributed by atoms with van der Waals surface area (Å²) in [5, 5.41) is 3.12. The molecule has 1 aliphatic heterocycles. The number of nitrogens with one attached hydrogen (secondary N) is 1. The lowest BCUT2D eigenvalue weighted by Gasteiger charge is -2.32. The van der Waals surface area contributed by atoms with Gasteiger partial charge in [0, 0.05) is 19.3 Å². The Morgan fingerprint density at radius 1 is 1.48 bits per heavy atom. The van der Waals surface area contributed by atoms with Crippen LogP contribution in [0.3, 0.4) is 0 Å². The normalized spacial score (nSPS) is 16.9. The second-order valence-corrected chi connectivity index (χ2v) is 5.72. The van der Waals surface area contributed by atoms with Gasteiger partial charge in [0.2, 0.25) is 5.91 Å². The molecule has 5 nitrogen and oxygen atoms in total. The Labute approximate surface area is 128 Å². The van der Waals surface area contributed by atoms with Crippen LogP contribution < -0.4 is 5.32 Å². The lowest BCUT2D eigenvalue weighted by molar-refractivity contribution is -0.137. The van der Waals surface area contributed by atoms with Gasteiger partial charge >= 0.3 is 0 Å². The summed E-state index contributed by atoms with van der Waals surface area (Å²) >= 11 is 5.68. The number of hydrogen-bond acceptors (Lipinski definition) is 4. The van der Waals surface area contributed by atoms with Crippen molar-refractivity contribution in [2.24, 2.45) is 5.92 Å². The fraction of sp³-hybridized carbons (Fsp3) is 0.571. The number of ether oxygens (including phenoxy) is 1. The van der Waals surface area contributed by atoms with Crippen molar-refractivity contribution < 1.29 is 13.9 Å². The number of hydrogen-bond donors (Lipinski definition) is 1. The minimum absolute atomic E-state index is 0.00257. The Morgan fingerprint density at radius 2 is 2.14 bits per heavy atom. The van der Waals surface area contributed by atoms with E-state index >= 15 is 0 Å². The fourth-order valence-corrected chi connectivity index (χ4v) is 2.31. The maximum Gasteiger partial charge on any atom is 0.245 e. The number of carbonyl (C=O) groups is 1. The van der Waals surface area contributed by atoms with Crippen molar-refractivity contribution in [3.05, 3.63) is 23.1 Å². The molecule has 1 fully saturated rings. The van der Waals surface area contributed by atoms with Crippen LogP contribution >= 0.6 is 11.6 Å². The molecule has 1 atom stereocenters. The molecule has 21 heavy (non-hydrogen) atoms. The summed E-state index contributed by atoms with van der Waals surface area (Å²) in [5.74, 6) is -0.593. The molecule has 0 saturated carbocycles. The maximum atomic E-state index is 13.8. The Balaban J connectivity index is 2.13. The van der Waals surface area contributed by atoms with Gasteiger partial charge in [0.25, 0.3) is 0 Å². The first-order valence-electron chi connectivity index (χ1n) is 6.93. The molecule has 0 spiro atoms. The third-order valence-corrected chi connectivity index (χ3v) is 3.56. The van der Waals surface area contributed by atoms with Crippen LogP contribution in [-0.4, -0.2) is 48.1 Å². The van der Waals surface area contributed by atoms with Gasteiger partial charge in [-0.15, -0.1) is 0 Å². The summed E-state index contributed by atoms with van der Waals surface area (Å²) in [5.41, 5.74) is 0. The monoisotopic (exact) mass is 315 g/mol. The quantitative estimate of drug-likeness (QED) is 0.925. The summed E-state index contributed by atoms with van der Waals surface area (Å²) in [6, 6.07) is 0.638. The lowest BCUT2D eigenvalue weighted by Crippen LogP contribution is -2.50. The van der Waals surface area contributed by atoms with E-state index in [1.54, 1.807) is 4.90 Å². The lowest BCUT2D eigenvalue weighted by atomic mass is 10.0. The second kappa shape index (κ2) is 7.04. The predicted octanol–water partition coefficient (Wildman–Crippen LogP) is 2.17. The molecule has 2 rings (SSSR count). The van der Waals surface area contributed by atoms with Crippen LogP contribution in [0.15, 0.2) is 12.3 Å². The summed E-state index contributed by atoms with van der Waals surface area (Å²) in [4.78, 5) is 18.2. The second-order valence-electron chi connectivity index (χ2n) is 5.29. The van der Waals surface area contributed by atoms with E-state index in [2.05, 4.69) is 10.3 Å². The highest BCUT2D eigenvalue weighted by Crippen LogP contribution is 2.19. The first-order chi connectivity index (χ1) is 9.99. The third kappa shape index (κ3) is 4.04. The van der Waals surface area contributed by atoms with Gasteiger partial charge in [0.05, 0.1) is 18.2 Å². The van der Waals surface area contributed by atoms with E-state index in [0.717, 1.165) is 0 Å². The van der Waals surface area contributed by atoms with E-state index in [9.17, 15) is 9.18 Å². The average Bonchev–Trinajstić information content (AvgIpc) is 2.46. The highest BCUT2D eigenvalue weighted by molar-refractivity contribution is 6.30. The van der Waals surface area contributed by atoms with E-state index < -0.39 is 11.9 Å². The number of carbonyl (C=O) groups excluding carboxylic acids is 1. The maximum absolute atomic E-state index is 13.8. The molecule has 1 unspecified atom stereocenters. The molecular formula is C14H19ClFN3O2. The van der Waals surface area contributed by atoms with Gasteiger partial charge in [-0.1, -0.05) is 25.4 Å². The van der Waals surface area contributed by atoms with Gasteiger partial charge in [-0.2, -0.15) is 0 Å². The number of morpholine rings is 1. The largest absolute Gasteiger partial charge is 0.378 e. The standard InChI is InChI=1S/C14H19ClFN3O2/c1-9(2)12(14(20)19-3-5-21-6-4-19)18-13-11(16)7-10(15)8-17-13/h7-9,12H,3-6H2,1-2H3,(H,17,18). The van der Waals surface area contributed by atoms with E-state index in [1.165, 1.54) is 12.3 Å². The zero-order valence-electron chi connectivity index (χ0n) is 12.1. The zero-order valence-corrected chi connectivity index (χ0v) is 12.9. The number of halogens is 2. The predicted molar refractivity (Wildman–Crippen MR) is 78.9 cm³/mol. The topological polar surface area (TPSA) is 54.5 Å². The van der Waals surface area contributed by atoms with E-state index in [0.29, 0.717) is 26.3 Å². The average molecular weight is 316 g/mol. The first kappa shape index (κ1) is 16.0. The number of aromatic nitrogens is 1. The summed E-state index contributed by atoms with van der Waals surface area (Å²) in [6.07, 6.45) is 1.35. The van der Waals surface area contributed by atoms with Gasteiger partial charge in [-0.05, 0) is 12.0 Å². The summed E-state index contributed by atoms with van der Waals surface area (Å²) in [7, 11) is 0. The Kier molecular flexibility index (Phi) is 5.36. The van der Waals surface area contributed by atoms with E-state index in [4.69, 9.17) is 16.3 Å². The minimum atomic E-state index is -0.567. The Bertz CT molecular complexity index is 507. The van der Waals surface area contributed by atoms with Crippen molar-refractivity contribution >= 4 is 23.3 Å². The van der Waals surface area contributed by atoms with Gasteiger partial charge in [0.1, 0.15) is 6.04 Å². The molecule has 116 valence electrons. The molecule has 0 aromatic carbocycles. The van der Waals surface area contributed by atoms with Gasteiger partial charge in [0.15, 0.2) is 11.6 Å². The first-order valence-corrected chi connectivity index (χ1v) is 7.31. The Hall–Kier alpha value is -1.40. The number of pyridine rings is 1. The molecule has 2 heterocycles. The summed E-state index contributed by atoms with van der Waals surface area (Å²) < 4.78 is 19.1. The van der Waals surface area contributed by atoms with Crippen LogP contribution in [0.2, 0.25) is 5.02 Å². The van der Waals surface area contributed by atoms with Crippen molar-refractivity contribution in [3.63, 3.8) is 0 Å². The highest BCUT2D eigenvalue weighted by atomic mass is 35.5. The van der Waals surface area contributed by atoms with Crippen molar-refractivity contribution in [2.75, 3.05) is 31.6 Å². The molecular weight excluding hydrogens is 297 g/mol. The number of amides is 1. The van der Waals surface area contributed by atoms with Crippen LogP contribution in [-0.2, 0) is 9.53 Å². The molecule has 1 aliphatic rings. The SMILES string of the molecule is CC(C)C(Nc1ncc(Cl)cc1F)C(=O)N1CCOCC1. The zero-order chi connectivity index (χ0) is 15.4. The van der Waals surface area contributed by atoms with Crippen LogP contribution in [0.1, 0.15) is 13.8 Å². The molecule has 7 heteroatoms. The van der Waals surface area contributed by atoms with Crippen molar-refractivity contribution in [1.29, 1.82) is 0 Å². The van der Waals surface area contributed by atoms with Crippen LogP contribution in [0.4, 0.5) is 10.2 Å². The van der Waals surface area contributed by atoms with Crippen LogP contribution in [0.5, 0.6) is 0 Å². The molecule has 1 saturated heterocycles. The van der Waals surface area contributed by atoms with Crippen LogP contribution in [0, 0.1) is 11.7 Å². The third-order valence-electron chi connectivity index (χ3n) is 3.36. The summed E-state index contributed by atoms with van der Waals surface area (Å²) in [6.45, 7) is 5.99. The Morgan fingerprint density at radius 3 is 2.71 bits per heavy atom. The number of rotatable bonds is 4. The van der Waals surface area contributed by atoms with Crippen LogP contribution in [0.25, 0.3) is 0 Å². The van der Waals surface area contributed by atoms with E-state index in [-0.39, 0.29) is 22.7 Å². The molecule has 1 aromatic rings. The van der Waals surface area contributed by atoms with Gasteiger partial charge in [-0.25, -0.2) is 9.37 Å².